The van der Waals surface area contributed by atoms with Crippen LogP contribution in [0.1, 0.15) is 17.5 Å². The number of amides is 2. The molecule has 1 fully saturated rings. The van der Waals surface area contributed by atoms with Crippen molar-refractivity contribution in [2.45, 2.75) is 19.9 Å². The molecule has 1 N–H and O–H groups in total. The lowest BCUT2D eigenvalue weighted by Crippen LogP contribution is -2.28. The molecule has 7 heteroatoms. The van der Waals surface area contributed by atoms with Crippen molar-refractivity contribution in [3.8, 4) is 0 Å². The van der Waals surface area contributed by atoms with Gasteiger partial charge in [-0.25, -0.2) is 4.39 Å². The van der Waals surface area contributed by atoms with Gasteiger partial charge in [0.05, 0.1) is 5.92 Å². The smallest absolute Gasteiger partial charge is 0.311 e. The number of ether oxygens (including phenoxy) is 1. The second-order valence-electron chi connectivity index (χ2n) is 6.78. The van der Waals surface area contributed by atoms with Gasteiger partial charge in [0.25, 0.3) is 5.91 Å². The molecule has 1 atom stereocenters. The number of aryl methyl sites for hydroxylation is 1. The number of nitrogens with one attached hydrogen (secondary N) is 1. The SMILES string of the molecule is Cc1ccc(NC(=O)COC(=O)[C@H]2CC(=O)N(Cc3ccccc3)C2)cc1F. The molecule has 0 spiro atoms. The highest BCUT2D eigenvalue weighted by Crippen LogP contribution is 2.21. The van der Waals surface area contributed by atoms with E-state index in [9.17, 15) is 18.8 Å². The van der Waals surface area contributed by atoms with Crippen molar-refractivity contribution < 1.29 is 23.5 Å². The number of rotatable bonds is 6. The predicted octanol–water partition coefficient (Wildman–Crippen LogP) is 2.66. The molecule has 1 heterocycles. The zero-order valence-electron chi connectivity index (χ0n) is 15.5. The van der Waals surface area contributed by atoms with Gasteiger partial charge in [0.15, 0.2) is 6.61 Å². The van der Waals surface area contributed by atoms with Crippen molar-refractivity contribution in [1.82, 2.24) is 4.90 Å². The van der Waals surface area contributed by atoms with Gasteiger partial charge < -0.3 is 15.0 Å². The number of hydrogen-bond acceptors (Lipinski definition) is 4. The predicted molar refractivity (Wildman–Crippen MR) is 101 cm³/mol. The summed E-state index contributed by atoms with van der Waals surface area (Å²) in [5, 5.41) is 2.47. The lowest BCUT2D eigenvalue weighted by molar-refractivity contribution is -0.151. The third-order valence-corrected chi connectivity index (χ3v) is 4.57. The summed E-state index contributed by atoms with van der Waals surface area (Å²) in [6.45, 7) is 1.82. The Bertz CT molecular complexity index is 885. The molecule has 0 unspecified atom stereocenters. The Morgan fingerprint density at radius 2 is 1.96 bits per heavy atom. The van der Waals surface area contributed by atoms with Crippen LogP contribution in [0.25, 0.3) is 0 Å². The van der Waals surface area contributed by atoms with Crippen molar-refractivity contribution in [2.24, 2.45) is 5.92 Å². The largest absolute Gasteiger partial charge is 0.455 e. The van der Waals surface area contributed by atoms with Crippen LogP contribution >= 0.6 is 0 Å². The highest BCUT2D eigenvalue weighted by Gasteiger charge is 2.35. The fraction of sp³-hybridized carbons (Fsp3) is 0.286. The van der Waals surface area contributed by atoms with E-state index in [0.29, 0.717) is 12.1 Å². The fourth-order valence-electron chi connectivity index (χ4n) is 3.01. The summed E-state index contributed by atoms with van der Waals surface area (Å²) in [6, 6.07) is 13.8. The third-order valence-electron chi connectivity index (χ3n) is 4.57. The molecule has 2 amide bonds. The Morgan fingerprint density at radius 1 is 1.21 bits per heavy atom. The molecular weight excluding hydrogens is 363 g/mol. The summed E-state index contributed by atoms with van der Waals surface area (Å²) >= 11 is 0. The summed E-state index contributed by atoms with van der Waals surface area (Å²) in [4.78, 5) is 37.9. The standard InChI is InChI=1S/C21H21FN2O4/c1-14-7-8-17(10-18(14)22)23-19(25)13-28-21(27)16-9-20(26)24(12-16)11-15-5-3-2-4-6-15/h2-8,10,16H,9,11-13H2,1H3,(H,23,25)/t16-/m0/s1. The van der Waals surface area contributed by atoms with Crippen molar-refractivity contribution in [3.63, 3.8) is 0 Å². The number of nitrogens with zero attached hydrogens (tertiary/aromatic N) is 1. The highest BCUT2D eigenvalue weighted by atomic mass is 19.1. The summed E-state index contributed by atoms with van der Waals surface area (Å²) in [5.74, 6) is -2.31. The molecule has 2 aromatic rings. The molecule has 2 aromatic carbocycles. The van der Waals surface area contributed by atoms with Crippen LogP contribution in [0, 0.1) is 18.7 Å². The van der Waals surface area contributed by atoms with Crippen molar-refractivity contribution in [2.75, 3.05) is 18.5 Å². The Labute approximate surface area is 162 Å². The first kappa shape index (κ1) is 19.5. The topological polar surface area (TPSA) is 75.7 Å². The van der Waals surface area contributed by atoms with Crippen LogP contribution in [-0.4, -0.2) is 35.8 Å². The summed E-state index contributed by atoms with van der Waals surface area (Å²) in [5.41, 5.74) is 1.74. The number of benzene rings is 2. The summed E-state index contributed by atoms with van der Waals surface area (Å²) in [7, 11) is 0. The van der Waals surface area contributed by atoms with Gasteiger partial charge in [0.1, 0.15) is 5.82 Å². The Kier molecular flexibility index (Phi) is 6.03. The van der Waals surface area contributed by atoms with Crippen LogP contribution in [0.3, 0.4) is 0 Å². The minimum Gasteiger partial charge on any atom is -0.455 e. The molecule has 3 rings (SSSR count). The van der Waals surface area contributed by atoms with Gasteiger partial charge in [-0.05, 0) is 30.2 Å². The molecule has 1 aliphatic heterocycles. The van der Waals surface area contributed by atoms with Crippen molar-refractivity contribution >= 4 is 23.5 Å². The van der Waals surface area contributed by atoms with E-state index in [-0.39, 0.29) is 24.6 Å². The van der Waals surface area contributed by atoms with Crippen molar-refractivity contribution in [1.29, 1.82) is 0 Å². The first-order valence-corrected chi connectivity index (χ1v) is 8.96. The Morgan fingerprint density at radius 3 is 2.68 bits per heavy atom. The zero-order chi connectivity index (χ0) is 20.1. The second-order valence-corrected chi connectivity index (χ2v) is 6.78. The molecule has 1 saturated heterocycles. The Balaban J connectivity index is 1.47. The van der Waals surface area contributed by atoms with Gasteiger partial charge in [-0.3, -0.25) is 14.4 Å². The quantitative estimate of drug-likeness (QED) is 0.777. The first-order chi connectivity index (χ1) is 13.4. The second kappa shape index (κ2) is 8.65. The molecule has 0 aliphatic carbocycles. The van der Waals surface area contributed by atoms with Crippen LogP contribution in [-0.2, 0) is 25.7 Å². The van der Waals surface area contributed by atoms with Crippen LogP contribution in [0.15, 0.2) is 48.5 Å². The monoisotopic (exact) mass is 384 g/mol. The van der Waals surface area contributed by atoms with E-state index in [2.05, 4.69) is 5.32 Å². The molecular formula is C21H21FN2O4. The number of halogens is 1. The molecule has 0 aromatic heterocycles. The molecule has 146 valence electrons. The summed E-state index contributed by atoms with van der Waals surface area (Å²) in [6.07, 6.45) is 0.0659. The maximum Gasteiger partial charge on any atom is 0.311 e. The van der Waals surface area contributed by atoms with E-state index in [1.54, 1.807) is 24.0 Å². The van der Waals surface area contributed by atoms with E-state index < -0.39 is 30.2 Å². The van der Waals surface area contributed by atoms with Gasteiger partial charge in [-0.2, -0.15) is 0 Å². The number of likely N-dealkylation sites (tertiary alicyclic amines) is 1. The van der Waals surface area contributed by atoms with Crippen LogP contribution in [0.5, 0.6) is 0 Å². The molecule has 0 saturated carbocycles. The third kappa shape index (κ3) is 4.94. The lowest BCUT2D eigenvalue weighted by atomic mass is 10.1. The maximum atomic E-state index is 13.5. The summed E-state index contributed by atoms with van der Waals surface area (Å²) < 4.78 is 18.5. The highest BCUT2D eigenvalue weighted by molar-refractivity contribution is 5.93. The van der Waals surface area contributed by atoms with Gasteiger partial charge >= 0.3 is 5.97 Å². The average molecular weight is 384 g/mol. The van der Waals surface area contributed by atoms with Crippen LogP contribution in [0.4, 0.5) is 10.1 Å². The van der Waals surface area contributed by atoms with Gasteiger partial charge in [-0.1, -0.05) is 36.4 Å². The van der Waals surface area contributed by atoms with E-state index in [4.69, 9.17) is 4.74 Å². The Hall–Kier alpha value is -3.22. The van der Waals surface area contributed by atoms with Gasteiger partial charge in [0, 0.05) is 25.2 Å². The minimum atomic E-state index is -0.596. The lowest BCUT2D eigenvalue weighted by Gasteiger charge is -2.16. The normalized spacial score (nSPS) is 16.1. The molecule has 1 aliphatic rings. The maximum absolute atomic E-state index is 13.5. The fourth-order valence-corrected chi connectivity index (χ4v) is 3.01. The zero-order valence-corrected chi connectivity index (χ0v) is 15.5. The van der Waals surface area contributed by atoms with Crippen LogP contribution < -0.4 is 5.32 Å². The number of carbonyl (C=O) groups is 3. The first-order valence-electron chi connectivity index (χ1n) is 8.96. The van der Waals surface area contributed by atoms with Gasteiger partial charge in [-0.15, -0.1) is 0 Å². The van der Waals surface area contributed by atoms with E-state index in [0.717, 1.165) is 5.56 Å². The molecule has 0 bridgehead atoms. The van der Waals surface area contributed by atoms with Gasteiger partial charge in [0.2, 0.25) is 5.91 Å². The number of carbonyl (C=O) groups excluding carboxylic acids is 3. The molecule has 6 nitrogen and oxygen atoms in total. The van der Waals surface area contributed by atoms with E-state index in [1.165, 1.54) is 6.07 Å². The number of hydrogen-bond donors (Lipinski definition) is 1. The average Bonchev–Trinajstić information content (AvgIpc) is 3.04. The van der Waals surface area contributed by atoms with Crippen molar-refractivity contribution in [3.05, 3.63) is 65.5 Å². The minimum absolute atomic E-state index is 0.0659. The number of anilines is 1. The van der Waals surface area contributed by atoms with E-state index >= 15 is 0 Å². The van der Waals surface area contributed by atoms with E-state index in [1.807, 2.05) is 30.3 Å². The molecule has 0 radical (unpaired) electrons. The number of esters is 1. The molecule has 28 heavy (non-hydrogen) atoms. The van der Waals surface area contributed by atoms with Crippen LogP contribution in [0.2, 0.25) is 0 Å².